The summed E-state index contributed by atoms with van der Waals surface area (Å²) >= 11 is 0. The van der Waals surface area contributed by atoms with Gasteiger partial charge in [0.05, 0.1) is 0 Å². The van der Waals surface area contributed by atoms with Crippen molar-refractivity contribution in [3.63, 3.8) is 0 Å². The first-order valence-corrected chi connectivity index (χ1v) is 3.81. The molecule has 0 aromatic rings. The van der Waals surface area contributed by atoms with Gasteiger partial charge in [0.15, 0.2) is 0 Å². The molecular weight excluding hydrogens is 124 g/mol. The van der Waals surface area contributed by atoms with Gasteiger partial charge in [-0.05, 0) is 10.8 Å². The molecule has 0 amide bonds. The quantitative estimate of drug-likeness (QED) is 0.497. The van der Waals surface area contributed by atoms with Crippen LogP contribution in [0, 0.1) is 10.8 Å². The maximum atomic E-state index is 11.6. The summed E-state index contributed by atoms with van der Waals surface area (Å²) in [4.78, 5) is 0. The van der Waals surface area contributed by atoms with E-state index < -0.39 is 6.10 Å². The van der Waals surface area contributed by atoms with E-state index in [1.807, 2.05) is 41.5 Å². The van der Waals surface area contributed by atoms with Crippen LogP contribution in [0.5, 0.6) is 0 Å². The van der Waals surface area contributed by atoms with E-state index in [0.717, 1.165) is 0 Å². The molecule has 0 N–H and O–H groups in total. The van der Waals surface area contributed by atoms with Crippen molar-refractivity contribution in [3.05, 3.63) is 0 Å². The van der Waals surface area contributed by atoms with Crippen molar-refractivity contribution in [1.82, 2.24) is 0 Å². The van der Waals surface area contributed by atoms with E-state index in [1.54, 1.807) is 0 Å². The SMILES string of the molecule is CC(C)(C)C([O])C(C)(C)C. The van der Waals surface area contributed by atoms with E-state index in [-0.39, 0.29) is 10.8 Å². The highest BCUT2D eigenvalue weighted by atomic mass is 16.3. The summed E-state index contributed by atoms with van der Waals surface area (Å²) in [6.45, 7) is 12.0. The molecule has 0 heterocycles. The van der Waals surface area contributed by atoms with E-state index in [0.29, 0.717) is 0 Å². The maximum absolute atomic E-state index is 11.6. The molecule has 0 spiro atoms. The second-order valence-electron chi connectivity index (χ2n) is 5.11. The zero-order valence-electron chi connectivity index (χ0n) is 7.99. The fraction of sp³-hybridized carbons (Fsp3) is 1.00. The van der Waals surface area contributed by atoms with E-state index in [4.69, 9.17) is 0 Å². The van der Waals surface area contributed by atoms with Crippen LogP contribution in [0.4, 0.5) is 0 Å². The first-order chi connectivity index (χ1) is 4.15. The molecule has 0 aromatic carbocycles. The Morgan fingerprint density at radius 2 is 1.00 bits per heavy atom. The Labute approximate surface area is 64.5 Å². The number of hydrogen-bond donors (Lipinski definition) is 0. The Hall–Kier alpha value is -0.0400. The van der Waals surface area contributed by atoms with Gasteiger partial charge in [0.1, 0.15) is 6.10 Å². The zero-order valence-corrected chi connectivity index (χ0v) is 7.99. The van der Waals surface area contributed by atoms with Crippen molar-refractivity contribution >= 4 is 0 Å². The fourth-order valence-corrected chi connectivity index (χ4v) is 1.30. The molecule has 0 aliphatic rings. The topological polar surface area (TPSA) is 19.9 Å². The lowest BCUT2D eigenvalue weighted by Gasteiger charge is -2.34. The second kappa shape index (κ2) is 2.54. The van der Waals surface area contributed by atoms with Gasteiger partial charge in [-0.15, -0.1) is 0 Å². The van der Waals surface area contributed by atoms with Crippen LogP contribution in [0.15, 0.2) is 0 Å². The lowest BCUT2D eigenvalue weighted by atomic mass is 9.74. The summed E-state index contributed by atoms with van der Waals surface area (Å²) in [5, 5.41) is 11.6. The third-order valence-electron chi connectivity index (χ3n) is 1.57. The molecule has 0 atom stereocenters. The van der Waals surface area contributed by atoms with Gasteiger partial charge in [0, 0.05) is 0 Å². The van der Waals surface area contributed by atoms with Crippen LogP contribution in [0.2, 0.25) is 0 Å². The van der Waals surface area contributed by atoms with Crippen LogP contribution in [0.3, 0.4) is 0 Å². The van der Waals surface area contributed by atoms with Crippen molar-refractivity contribution in [3.8, 4) is 0 Å². The van der Waals surface area contributed by atoms with E-state index in [1.165, 1.54) is 0 Å². The molecule has 1 radical (unpaired) electrons. The van der Waals surface area contributed by atoms with Crippen LogP contribution in [-0.2, 0) is 5.11 Å². The summed E-state index contributed by atoms with van der Waals surface area (Å²) < 4.78 is 0. The molecule has 0 saturated carbocycles. The highest BCUT2D eigenvalue weighted by molar-refractivity contribution is 4.82. The summed E-state index contributed by atoms with van der Waals surface area (Å²) in [5.41, 5.74) is -0.226. The van der Waals surface area contributed by atoms with E-state index >= 15 is 0 Å². The Balaban J connectivity index is 4.23. The molecule has 0 rings (SSSR count). The minimum absolute atomic E-state index is 0.113. The van der Waals surface area contributed by atoms with Gasteiger partial charge in [-0.2, -0.15) is 0 Å². The molecule has 1 heteroatoms. The molecule has 1 nitrogen and oxygen atoms in total. The van der Waals surface area contributed by atoms with E-state index in [2.05, 4.69) is 0 Å². The minimum atomic E-state index is -0.486. The van der Waals surface area contributed by atoms with Gasteiger partial charge >= 0.3 is 0 Å². The van der Waals surface area contributed by atoms with E-state index in [9.17, 15) is 5.11 Å². The minimum Gasteiger partial charge on any atom is -0.232 e. The largest absolute Gasteiger partial charge is 0.232 e. The molecule has 61 valence electrons. The smallest absolute Gasteiger partial charge is 0.103 e. The molecule has 0 bridgehead atoms. The predicted octanol–water partition coefficient (Wildman–Crippen LogP) is 2.88. The fourth-order valence-electron chi connectivity index (χ4n) is 1.30. The average Bonchev–Trinajstić information content (AvgIpc) is 1.59. The lowest BCUT2D eigenvalue weighted by molar-refractivity contribution is -0.0729. The van der Waals surface area contributed by atoms with Gasteiger partial charge in [0.25, 0.3) is 0 Å². The summed E-state index contributed by atoms with van der Waals surface area (Å²) in [6, 6.07) is 0. The molecule has 0 aromatic heterocycles. The van der Waals surface area contributed by atoms with Crippen LogP contribution in [-0.4, -0.2) is 6.10 Å². The van der Waals surface area contributed by atoms with Crippen molar-refractivity contribution in [2.75, 3.05) is 0 Å². The van der Waals surface area contributed by atoms with Gasteiger partial charge in [-0.1, -0.05) is 41.5 Å². The summed E-state index contributed by atoms with van der Waals surface area (Å²) in [5.74, 6) is 0. The van der Waals surface area contributed by atoms with Gasteiger partial charge < -0.3 is 0 Å². The third-order valence-corrected chi connectivity index (χ3v) is 1.57. The van der Waals surface area contributed by atoms with Crippen LogP contribution < -0.4 is 0 Å². The highest BCUT2D eigenvalue weighted by Crippen LogP contribution is 2.33. The molecule has 0 aliphatic carbocycles. The first-order valence-electron chi connectivity index (χ1n) is 3.81. The predicted molar refractivity (Wildman–Crippen MR) is 43.4 cm³/mol. The van der Waals surface area contributed by atoms with Crippen molar-refractivity contribution in [2.24, 2.45) is 10.8 Å². The van der Waals surface area contributed by atoms with Crippen LogP contribution in [0.1, 0.15) is 41.5 Å². The third kappa shape index (κ3) is 2.70. The van der Waals surface area contributed by atoms with Crippen LogP contribution >= 0.6 is 0 Å². The first kappa shape index (κ1) is 9.96. The molecule has 10 heavy (non-hydrogen) atoms. The number of hydrogen-bond acceptors (Lipinski definition) is 0. The zero-order chi connectivity index (χ0) is 8.58. The van der Waals surface area contributed by atoms with Gasteiger partial charge in [-0.25, -0.2) is 5.11 Å². The molecule has 0 saturated heterocycles. The molecule has 0 aliphatic heterocycles. The number of rotatable bonds is 0. The van der Waals surface area contributed by atoms with Crippen molar-refractivity contribution in [1.29, 1.82) is 0 Å². The van der Waals surface area contributed by atoms with Crippen LogP contribution in [0.25, 0.3) is 0 Å². The Kier molecular flexibility index (Phi) is 2.53. The van der Waals surface area contributed by atoms with Gasteiger partial charge in [-0.3, -0.25) is 0 Å². The summed E-state index contributed by atoms with van der Waals surface area (Å²) in [7, 11) is 0. The normalized spacial score (nSPS) is 14.4. The Morgan fingerprint density at radius 3 is 1.00 bits per heavy atom. The second-order valence-corrected chi connectivity index (χ2v) is 5.11. The van der Waals surface area contributed by atoms with Crippen molar-refractivity contribution < 1.29 is 5.11 Å². The standard InChI is InChI=1S/C9H19O/c1-8(2,3)7(10)9(4,5)6/h7H,1-6H3. The average molecular weight is 143 g/mol. The maximum Gasteiger partial charge on any atom is 0.103 e. The Morgan fingerprint density at radius 1 is 0.800 bits per heavy atom. The van der Waals surface area contributed by atoms with Gasteiger partial charge in [0.2, 0.25) is 0 Å². The van der Waals surface area contributed by atoms with Crippen molar-refractivity contribution in [2.45, 2.75) is 47.6 Å². The molecule has 0 fully saturated rings. The highest BCUT2D eigenvalue weighted by Gasteiger charge is 2.34. The summed E-state index contributed by atoms with van der Waals surface area (Å²) in [6.07, 6.45) is -0.486. The molecular formula is C9H19O. The lowest BCUT2D eigenvalue weighted by Crippen LogP contribution is -2.36. The molecule has 0 unspecified atom stereocenters. The monoisotopic (exact) mass is 143 g/mol. The Bertz CT molecular complexity index is 88.9.